The molecule has 1 saturated heterocycles. The first kappa shape index (κ1) is 23.1. The van der Waals surface area contributed by atoms with Gasteiger partial charge < -0.3 is 20.6 Å². The molecule has 0 spiro atoms. The third-order valence-electron chi connectivity index (χ3n) is 5.79. The highest BCUT2D eigenvalue weighted by molar-refractivity contribution is 6.31. The Kier molecular flexibility index (Phi) is 8.19. The third kappa shape index (κ3) is 6.96. The van der Waals surface area contributed by atoms with E-state index < -0.39 is 0 Å². The zero-order valence-electron chi connectivity index (χ0n) is 18.8. The Morgan fingerprint density at radius 1 is 0.818 bits per heavy atom. The number of phenolic OH excluding ortho intramolecular Hbond substituents is 1. The van der Waals surface area contributed by atoms with Crippen molar-refractivity contribution in [2.45, 2.75) is 45.1 Å². The second-order valence-electron chi connectivity index (χ2n) is 8.33. The van der Waals surface area contributed by atoms with Gasteiger partial charge in [-0.15, -0.1) is 0 Å². The highest BCUT2D eigenvalue weighted by Crippen LogP contribution is 2.20. The molecular weight excluding hydrogens is 436 g/mol. The van der Waals surface area contributed by atoms with Gasteiger partial charge in [-0.05, 0) is 48.6 Å². The topological polar surface area (TPSA) is 86.2 Å². The summed E-state index contributed by atoms with van der Waals surface area (Å²) in [6.07, 6.45) is 6.90. The number of benzene rings is 2. The van der Waals surface area contributed by atoms with Crippen LogP contribution < -0.4 is 15.5 Å². The molecule has 7 nitrogen and oxygen atoms in total. The Balaban J connectivity index is 1.48. The van der Waals surface area contributed by atoms with E-state index in [0.717, 1.165) is 48.5 Å². The van der Waals surface area contributed by atoms with Gasteiger partial charge in [0, 0.05) is 31.2 Å². The van der Waals surface area contributed by atoms with E-state index in [0.29, 0.717) is 30.9 Å². The third-order valence-corrected chi connectivity index (χ3v) is 6.16. The number of aromatic nitrogens is 3. The average molecular weight is 467 g/mol. The Bertz CT molecular complexity index is 1020. The molecule has 0 aliphatic carbocycles. The van der Waals surface area contributed by atoms with Crippen LogP contribution in [-0.4, -0.2) is 39.7 Å². The molecule has 0 bridgehead atoms. The smallest absolute Gasteiger partial charge is 0.231 e. The summed E-state index contributed by atoms with van der Waals surface area (Å²) in [5.41, 5.74) is 2.13. The molecule has 174 valence electrons. The largest absolute Gasteiger partial charge is 0.508 e. The van der Waals surface area contributed by atoms with Gasteiger partial charge in [0.1, 0.15) is 5.75 Å². The minimum Gasteiger partial charge on any atom is -0.508 e. The normalized spacial score (nSPS) is 14.4. The summed E-state index contributed by atoms with van der Waals surface area (Å²) in [5, 5.41) is 16.9. The first-order valence-electron chi connectivity index (χ1n) is 11.7. The summed E-state index contributed by atoms with van der Waals surface area (Å²) in [7, 11) is 0. The van der Waals surface area contributed by atoms with Gasteiger partial charge in [0.2, 0.25) is 17.8 Å². The molecule has 8 heteroatoms. The van der Waals surface area contributed by atoms with Crippen LogP contribution in [0.15, 0.2) is 48.5 Å². The van der Waals surface area contributed by atoms with Gasteiger partial charge >= 0.3 is 0 Å². The molecule has 0 amide bonds. The summed E-state index contributed by atoms with van der Waals surface area (Å²) in [6.45, 7) is 3.14. The molecule has 1 aliphatic rings. The number of rotatable bonds is 8. The lowest BCUT2D eigenvalue weighted by Crippen LogP contribution is -2.29. The van der Waals surface area contributed by atoms with E-state index in [1.165, 1.54) is 19.3 Å². The maximum Gasteiger partial charge on any atom is 0.231 e. The lowest BCUT2D eigenvalue weighted by Gasteiger charge is -2.25. The number of halogens is 1. The van der Waals surface area contributed by atoms with E-state index in [9.17, 15) is 5.11 Å². The number of hydrogen-bond donors (Lipinski definition) is 3. The Hall–Kier alpha value is -3.06. The molecule has 1 aromatic heterocycles. The number of hydrogen-bond acceptors (Lipinski definition) is 7. The molecule has 2 aromatic carbocycles. The van der Waals surface area contributed by atoms with Crippen LogP contribution in [0, 0.1) is 0 Å². The quantitative estimate of drug-likeness (QED) is 0.417. The Morgan fingerprint density at radius 2 is 1.48 bits per heavy atom. The lowest BCUT2D eigenvalue weighted by atomic mass is 10.1. The molecule has 1 fully saturated rings. The maximum atomic E-state index is 9.47. The van der Waals surface area contributed by atoms with Gasteiger partial charge in [0.05, 0.1) is 0 Å². The highest BCUT2D eigenvalue weighted by Gasteiger charge is 2.15. The van der Waals surface area contributed by atoms with Crippen molar-refractivity contribution in [2.75, 3.05) is 35.2 Å². The molecular formula is C25H31ClN6O. The predicted molar refractivity (Wildman–Crippen MR) is 134 cm³/mol. The van der Waals surface area contributed by atoms with E-state index in [2.05, 4.69) is 20.5 Å². The van der Waals surface area contributed by atoms with E-state index in [-0.39, 0.29) is 5.75 Å². The number of aromatic hydroxyl groups is 1. The second-order valence-corrected chi connectivity index (χ2v) is 8.73. The van der Waals surface area contributed by atoms with Crippen molar-refractivity contribution < 1.29 is 5.11 Å². The van der Waals surface area contributed by atoms with Crippen molar-refractivity contribution >= 4 is 29.4 Å². The van der Waals surface area contributed by atoms with Crippen LogP contribution in [-0.2, 0) is 13.0 Å². The number of anilines is 3. The van der Waals surface area contributed by atoms with Gasteiger partial charge in [0.15, 0.2) is 0 Å². The van der Waals surface area contributed by atoms with Crippen molar-refractivity contribution in [3.8, 4) is 5.75 Å². The van der Waals surface area contributed by atoms with Crippen molar-refractivity contribution in [1.82, 2.24) is 15.0 Å². The number of nitrogens with one attached hydrogen (secondary N) is 2. The van der Waals surface area contributed by atoms with Gasteiger partial charge in [0.25, 0.3) is 0 Å². The predicted octanol–water partition coefficient (Wildman–Crippen LogP) is 5.27. The lowest BCUT2D eigenvalue weighted by molar-refractivity contribution is 0.475. The molecule has 4 rings (SSSR count). The van der Waals surface area contributed by atoms with Crippen molar-refractivity contribution in [3.63, 3.8) is 0 Å². The standard InChI is InChI=1S/C25H31ClN6O/c26-22-9-5-4-8-20(22)18-28-24-29-23(27-15-14-19-10-12-21(33)13-11-19)30-25(31-24)32-16-6-2-1-3-7-17-32/h4-5,8-13,33H,1-3,6-7,14-18H2,(H2,27,28,29,30,31). The minimum atomic E-state index is 0.274. The van der Waals surface area contributed by atoms with Crippen LogP contribution in [0.2, 0.25) is 5.02 Å². The fourth-order valence-corrected chi connectivity index (χ4v) is 4.11. The van der Waals surface area contributed by atoms with E-state index in [1.54, 1.807) is 12.1 Å². The van der Waals surface area contributed by atoms with Crippen molar-refractivity contribution in [1.29, 1.82) is 0 Å². The van der Waals surface area contributed by atoms with Crippen molar-refractivity contribution in [2.24, 2.45) is 0 Å². The van der Waals surface area contributed by atoms with Crippen LogP contribution in [0.25, 0.3) is 0 Å². The summed E-state index contributed by atoms with van der Waals surface area (Å²) in [6, 6.07) is 15.0. The van der Waals surface area contributed by atoms with E-state index >= 15 is 0 Å². The first-order chi connectivity index (χ1) is 16.2. The summed E-state index contributed by atoms with van der Waals surface area (Å²) in [5.74, 6) is 2.08. The fraction of sp³-hybridized carbons (Fsp3) is 0.400. The van der Waals surface area contributed by atoms with Gasteiger partial charge in [-0.25, -0.2) is 0 Å². The van der Waals surface area contributed by atoms with Gasteiger partial charge in [-0.1, -0.05) is 61.2 Å². The summed E-state index contributed by atoms with van der Waals surface area (Å²) >= 11 is 6.32. The Morgan fingerprint density at radius 3 is 2.21 bits per heavy atom. The molecule has 0 unspecified atom stereocenters. The van der Waals surface area contributed by atoms with Crippen LogP contribution in [0.1, 0.15) is 43.2 Å². The molecule has 0 saturated carbocycles. The summed E-state index contributed by atoms with van der Waals surface area (Å²) < 4.78 is 0. The van der Waals surface area contributed by atoms with Crippen LogP contribution in [0.4, 0.5) is 17.8 Å². The maximum absolute atomic E-state index is 9.47. The molecule has 3 N–H and O–H groups in total. The SMILES string of the molecule is Oc1ccc(CCNc2nc(NCc3ccccc3Cl)nc(N3CCCCCCC3)n2)cc1. The van der Waals surface area contributed by atoms with Crippen LogP contribution >= 0.6 is 11.6 Å². The fourth-order valence-electron chi connectivity index (χ4n) is 3.91. The molecule has 3 aromatic rings. The zero-order valence-corrected chi connectivity index (χ0v) is 19.6. The van der Waals surface area contributed by atoms with Crippen molar-refractivity contribution in [3.05, 3.63) is 64.7 Å². The number of phenols is 1. The Labute approximate surface area is 200 Å². The molecule has 0 radical (unpaired) electrons. The highest BCUT2D eigenvalue weighted by atomic mass is 35.5. The second kappa shape index (κ2) is 11.7. The van der Waals surface area contributed by atoms with Gasteiger partial charge in [-0.3, -0.25) is 0 Å². The van der Waals surface area contributed by atoms with Crippen LogP contribution in [0.3, 0.4) is 0 Å². The molecule has 0 atom stereocenters. The number of nitrogens with zero attached hydrogens (tertiary/aromatic N) is 4. The summed E-state index contributed by atoms with van der Waals surface area (Å²) in [4.78, 5) is 16.3. The monoisotopic (exact) mass is 466 g/mol. The van der Waals surface area contributed by atoms with E-state index in [1.807, 2.05) is 36.4 Å². The average Bonchev–Trinajstić information content (AvgIpc) is 2.80. The zero-order chi connectivity index (χ0) is 22.9. The van der Waals surface area contributed by atoms with Gasteiger partial charge in [-0.2, -0.15) is 15.0 Å². The molecule has 1 aliphatic heterocycles. The van der Waals surface area contributed by atoms with E-state index in [4.69, 9.17) is 21.6 Å². The minimum absolute atomic E-state index is 0.274. The van der Waals surface area contributed by atoms with Crippen LogP contribution in [0.5, 0.6) is 5.75 Å². The molecule has 2 heterocycles. The molecule has 33 heavy (non-hydrogen) atoms. The first-order valence-corrected chi connectivity index (χ1v) is 12.1.